The molecule has 0 atom stereocenters. The molecule has 0 radical (unpaired) electrons. The number of fused-ring (bicyclic) bond motifs is 1. The Morgan fingerprint density at radius 2 is 1.74 bits per heavy atom. The molecule has 0 saturated heterocycles. The van der Waals surface area contributed by atoms with Gasteiger partial charge in [0.25, 0.3) is 10.0 Å². The minimum Gasteiger partial charge on any atom is -0.493 e. The van der Waals surface area contributed by atoms with E-state index < -0.39 is 10.0 Å². The van der Waals surface area contributed by atoms with Crippen molar-refractivity contribution in [2.45, 2.75) is 11.3 Å². The van der Waals surface area contributed by atoms with Crippen LogP contribution in [0.2, 0.25) is 0 Å². The van der Waals surface area contributed by atoms with Crippen LogP contribution in [0, 0.1) is 0 Å². The van der Waals surface area contributed by atoms with Crippen LogP contribution in [-0.4, -0.2) is 59.9 Å². The topological polar surface area (TPSA) is 96.9 Å². The second-order valence-corrected chi connectivity index (χ2v) is 8.74. The number of sulfonamides is 1. The first-order valence-electron chi connectivity index (χ1n) is 9.74. The number of aromatic nitrogens is 2. The number of methoxy groups -OCH3 is 1. The van der Waals surface area contributed by atoms with Crippen LogP contribution in [-0.2, 0) is 14.8 Å². The molecule has 0 fully saturated rings. The van der Waals surface area contributed by atoms with E-state index in [0.717, 1.165) is 6.42 Å². The number of nitrogens with one attached hydrogen (secondary N) is 1. The molecule has 3 rings (SSSR count). The van der Waals surface area contributed by atoms with Crippen molar-refractivity contribution in [2.24, 2.45) is 0 Å². The van der Waals surface area contributed by atoms with Gasteiger partial charge in [0.1, 0.15) is 5.75 Å². The molecular weight excluding hydrogens is 418 g/mol. The molecule has 10 heteroatoms. The molecular formula is C21H27N5O4S. The van der Waals surface area contributed by atoms with Crippen molar-refractivity contribution < 1.29 is 17.9 Å². The number of rotatable bonds is 10. The van der Waals surface area contributed by atoms with Gasteiger partial charge in [0.15, 0.2) is 5.82 Å². The Morgan fingerprint density at radius 3 is 2.42 bits per heavy atom. The van der Waals surface area contributed by atoms with Crippen molar-refractivity contribution in [3.63, 3.8) is 0 Å². The van der Waals surface area contributed by atoms with Gasteiger partial charge in [0.2, 0.25) is 5.95 Å². The molecule has 0 saturated carbocycles. The number of hydrazine groups is 1. The van der Waals surface area contributed by atoms with Gasteiger partial charge in [0, 0.05) is 52.7 Å². The third-order valence-electron chi connectivity index (χ3n) is 4.43. The lowest BCUT2D eigenvalue weighted by molar-refractivity contribution is 0.172. The van der Waals surface area contributed by atoms with E-state index in [4.69, 9.17) is 9.47 Å². The highest BCUT2D eigenvalue weighted by molar-refractivity contribution is 7.89. The van der Waals surface area contributed by atoms with Gasteiger partial charge < -0.3 is 14.4 Å². The lowest BCUT2D eigenvalue weighted by Gasteiger charge is -2.22. The summed E-state index contributed by atoms with van der Waals surface area (Å²) >= 11 is 0. The number of hydrogen-bond donors (Lipinski definition) is 1. The van der Waals surface area contributed by atoms with Gasteiger partial charge in [-0.15, -0.1) is 4.83 Å². The van der Waals surface area contributed by atoms with E-state index in [0.29, 0.717) is 41.6 Å². The molecule has 0 aliphatic rings. The van der Waals surface area contributed by atoms with E-state index in [1.807, 2.05) is 32.3 Å². The Hall–Kier alpha value is -2.95. The number of ether oxygens (including phenoxy) is 2. The highest BCUT2D eigenvalue weighted by Crippen LogP contribution is 2.28. The highest BCUT2D eigenvalue weighted by atomic mass is 32.2. The summed E-state index contributed by atoms with van der Waals surface area (Å²) in [7, 11) is 3.14. The zero-order valence-corrected chi connectivity index (χ0v) is 18.9. The molecule has 1 N–H and O–H groups in total. The average molecular weight is 446 g/mol. The molecule has 3 aromatic rings. The minimum absolute atomic E-state index is 0.166. The van der Waals surface area contributed by atoms with Crippen LogP contribution < -0.4 is 19.5 Å². The van der Waals surface area contributed by atoms with Crippen LogP contribution in [0.5, 0.6) is 5.75 Å². The molecule has 31 heavy (non-hydrogen) atoms. The van der Waals surface area contributed by atoms with Crippen molar-refractivity contribution in [1.29, 1.82) is 0 Å². The molecule has 9 nitrogen and oxygen atoms in total. The predicted molar refractivity (Wildman–Crippen MR) is 121 cm³/mol. The molecule has 0 aliphatic heterocycles. The first kappa shape index (κ1) is 22.7. The molecule has 1 aromatic heterocycles. The molecule has 0 bridgehead atoms. The molecule has 0 amide bonds. The molecule has 0 unspecified atom stereocenters. The van der Waals surface area contributed by atoms with Crippen LogP contribution in [0.15, 0.2) is 53.4 Å². The van der Waals surface area contributed by atoms with Crippen LogP contribution in [0.3, 0.4) is 0 Å². The largest absolute Gasteiger partial charge is 0.493 e. The second kappa shape index (κ2) is 9.90. The second-order valence-electron chi connectivity index (χ2n) is 7.08. The SMILES string of the molecule is COCCCOc1ccc2c(N(C)NS(=O)(=O)c3ccccc3)nc(N(C)C)nc2c1. The van der Waals surface area contributed by atoms with Gasteiger partial charge >= 0.3 is 0 Å². The van der Waals surface area contributed by atoms with Crippen molar-refractivity contribution in [2.75, 3.05) is 51.4 Å². The fourth-order valence-electron chi connectivity index (χ4n) is 2.90. The van der Waals surface area contributed by atoms with Crippen LogP contribution >= 0.6 is 0 Å². The van der Waals surface area contributed by atoms with Gasteiger partial charge in [-0.2, -0.15) is 4.98 Å². The summed E-state index contributed by atoms with van der Waals surface area (Å²) < 4.78 is 36.3. The summed E-state index contributed by atoms with van der Waals surface area (Å²) in [5.41, 5.74) is 0.642. The molecule has 166 valence electrons. The Balaban J connectivity index is 1.94. The van der Waals surface area contributed by atoms with E-state index in [9.17, 15) is 8.42 Å². The third-order valence-corrected chi connectivity index (χ3v) is 5.83. The van der Waals surface area contributed by atoms with Gasteiger partial charge in [0.05, 0.1) is 17.0 Å². The van der Waals surface area contributed by atoms with E-state index in [1.165, 1.54) is 17.1 Å². The fraction of sp³-hybridized carbons (Fsp3) is 0.333. The van der Waals surface area contributed by atoms with Gasteiger partial charge in [-0.1, -0.05) is 18.2 Å². The zero-order valence-electron chi connectivity index (χ0n) is 18.1. The van der Waals surface area contributed by atoms with E-state index in [1.54, 1.807) is 37.3 Å². The molecule has 1 heterocycles. The van der Waals surface area contributed by atoms with Crippen molar-refractivity contribution in [3.05, 3.63) is 48.5 Å². The average Bonchev–Trinajstić information content (AvgIpc) is 2.76. The fourth-order valence-corrected chi connectivity index (χ4v) is 3.96. The summed E-state index contributed by atoms with van der Waals surface area (Å²) in [6, 6.07) is 13.6. The molecule has 2 aromatic carbocycles. The van der Waals surface area contributed by atoms with Crippen LogP contribution in [0.4, 0.5) is 11.8 Å². The Labute approximate surface area is 182 Å². The standard InChI is InChI=1S/C21H27N5O4S/c1-25(2)21-22-19-15-16(30-14-8-13-29-4)11-12-18(19)20(23-21)26(3)24-31(27,28)17-9-6-5-7-10-17/h5-7,9-12,15,24H,8,13-14H2,1-4H3. The van der Waals surface area contributed by atoms with E-state index in [-0.39, 0.29) is 4.90 Å². The lowest BCUT2D eigenvalue weighted by atomic mass is 10.2. The summed E-state index contributed by atoms with van der Waals surface area (Å²) in [5, 5.41) is 2.08. The first-order chi connectivity index (χ1) is 14.8. The number of anilines is 2. The Bertz CT molecular complexity index is 1120. The van der Waals surface area contributed by atoms with Crippen LogP contribution in [0.25, 0.3) is 10.9 Å². The normalized spacial score (nSPS) is 11.5. The Kier molecular flexibility index (Phi) is 7.26. The summed E-state index contributed by atoms with van der Waals surface area (Å²) in [4.78, 5) is 13.6. The maximum atomic E-state index is 12.8. The van der Waals surface area contributed by atoms with Crippen molar-refractivity contribution in [3.8, 4) is 5.75 Å². The maximum Gasteiger partial charge on any atom is 0.257 e. The van der Waals surface area contributed by atoms with Crippen molar-refractivity contribution >= 4 is 32.7 Å². The number of nitrogens with zero attached hydrogens (tertiary/aromatic N) is 4. The van der Waals surface area contributed by atoms with Gasteiger partial charge in [-0.25, -0.2) is 13.4 Å². The lowest BCUT2D eigenvalue weighted by Crippen LogP contribution is -2.40. The quantitative estimate of drug-likeness (QED) is 0.375. The molecule has 0 spiro atoms. The molecule has 0 aliphatic carbocycles. The smallest absolute Gasteiger partial charge is 0.257 e. The summed E-state index contributed by atoms with van der Waals surface area (Å²) in [6.07, 6.45) is 0.774. The third kappa shape index (κ3) is 5.60. The van der Waals surface area contributed by atoms with E-state index in [2.05, 4.69) is 14.8 Å². The monoisotopic (exact) mass is 445 g/mol. The summed E-state index contributed by atoms with van der Waals surface area (Å²) in [5.74, 6) is 1.55. The van der Waals surface area contributed by atoms with E-state index >= 15 is 0 Å². The highest BCUT2D eigenvalue weighted by Gasteiger charge is 2.20. The zero-order chi connectivity index (χ0) is 22.4. The van der Waals surface area contributed by atoms with Crippen LogP contribution in [0.1, 0.15) is 6.42 Å². The van der Waals surface area contributed by atoms with Gasteiger partial charge in [-0.3, -0.25) is 5.01 Å². The Morgan fingerprint density at radius 1 is 1.00 bits per heavy atom. The first-order valence-corrected chi connectivity index (χ1v) is 11.2. The number of hydrogen-bond acceptors (Lipinski definition) is 8. The number of benzene rings is 2. The van der Waals surface area contributed by atoms with Crippen molar-refractivity contribution in [1.82, 2.24) is 14.8 Å². The summed E-state index contributed by atoms with van der Waals surface area (Å²) in [6.45, 7) is 1.14. The maximum absolute atomic E-state index is 12.8. The predicted octanol–water partition coefficient (Wildman–Crippen LogP) is 2.44. The minimum atomic E-state index is -3.77. The van der Waals surface area contributed by atoms with Gasteiger partial charge in [-0.05, 0) is 24.3 Å².